The Morgan fingerprint density at radius 2 is 1.85 bits per heavy atom. The standard InChI is InChI=1S/C39H62NO7/c1-22(2)18-28(41)40-16-17-45-29(20-40)47-27-12-13-38-21-39(38)15-14-36(8)30-23(3)19-24(32(42)35(6,7)44)46-31(30)33(43)37(36,9)26(39)11-10-25(38)34(27,4)5/h22-23,25,27,29-30,32-33,42-44H,10-21H2,1-9H3/t23-,25+,27?,29+,30+,32+,33+,36-,37-,38-,39+/m1/s1. The first kappa shape index (κ1) is 34.7. The molecule has 0 aromatic carbocycles. The number of nitrogens with zero attached hydrogens (tertiary/aromatic N) is 1. The van der Waals surface area contributed by atoms with Crippen molar-refractivity contribution in [3.8, 4) is 0 Å². The van der Waals surface area contributed by atoms with Crippen LogP contribution in [0.3, 0.4) is 0 Å². The Balaban J connectivity index is 1.10. The number of carbonyl (C=O) groups is 1. The van der Waals surface area contributed by atoms with Crippen LogP contribution in [0.15, 0.2) is 0 Å². The van der Waals surface area contributed by atoms with Gasteiger partial charge in [0, 0.05) is 24.3 Å². The van der Waals surface area contributed by atoms with Crippen molar-refractivity contribution in [2.75, 3.05) is 19.7 Å². The molecule has 2 heterocycles. The number of aliphatic hydroxyl groups is 3. The summed E-state index contributed by atoms with van der Waals surface area (Å²) in [6, 6.07) is 0. The summed E-state index contributed by atoms with van der Waals surface area (Å²) in [5.41, 5.74) is -1.49. The van der Waals surface area contributed by atoms with Crippen molar-refractivity contribution in [1.82, 2.24) is 4.90 Å². The topological polar surface area (TPSA) is 109 Å². The van der Waals surface area contributed by atoms with E-state index >= 15 is 0 Å². The zero-order valence-corrected chi connectivity index (χ0v) is 30.5. The first-order chi connectivity index (χ1) is 21.8. The lowest BCUT2D eigenvalue weighted by Crippen LogP contribution is -2.59. The number of hydrogen-bond donors (Lipinski definition) is 3. The summed E-state index contributed by atoms with van der Waals surface area (Å²) < 4.78 is 19.4. The van der Waals surface area contributed by atoms with Gasteiger partial charge < -0.3 is 34.4 Å². The Kier molecular flexibility index (Phi) is 8.20. The fraction of sp³-hybridized carbons (Fsp3) is 0.897. The summed E-state index contributed by atoms with van der Waals surface area (Å²) in [5, 5.41) is 33.9. The van der Waals surface area contributed by atoms with Crippen molar-refractivity contribution < 1.29 is 34.3 Å². The number of amides is 1. The van der Waals surface area contributed by atoms with E-state index in [0.717, 1.165) is 44.6 Å². The maximum absolute atomic E-state index is 12.8. The second kappa shape index (κ2) is 11.1. The first-order valence-corrected chi connectivity index (χ1v) is 18.7. The van der Waals surface area contributed by atoms with Gasteiger partial charge in [-0.15, -0.1) is 0 Å². The molecule has 5 saturated carbocycles. The van der Waals surface area contributed by atoms with Gasteiger partial charge in [-0.05, 0) is 111 Å². The van der Waals surface area contributed by atoms with Crippen LogP contribution in [0.2, 0.25) is 0 Å². The van der Waals surface area contributed by atoms with E-state index in [9.17, 15) is 20.1 Å². The Morgan fingerprint density at radius 3 is 2.53 bits per heavy atom. The van der Waals surface area contributed by atoms with Crippen molar-refractivity contribution in [3.05, 3.63) is 18.1 Å². The van der Waals surface area contributed by atoms with Gasteiger partial charge in [0.15, 0.2) is 6.29 Å². The molecule has 8 nitrogen and oxygen atoms in total. The zero-order chi connectivity index (χ0) is 34.1. The molecule has 47 heavy (non-hydrogen) atoms. The average molecular weight is 657 g/mol. The van der Waals surface area contributed by atoms with Gasteiger partial charge in [-0.2, -0.15) is 0 Å². The maximum atomic E-state index is 12.8. The Labute approximate surface area is 283 Å². The van der Waals surface area contributed by atoms with E-state index < -0.39 is 23.2 Å². The fourth-order valence-electron chi connectivity index (χ4n) is 12.8. The molecule has 2 aliphatic heterocycles. The highest BCUT2D eigenvalue weighted by Crippen LogP contribution is 2.90. The van der Waals surface area contributed by atoms with Crippen LogP contribution in [0.4, 0.5) is 0 Å². The van der Waals surface area contributed by atoms with Crippen LogP contribution in [0.25, 0.3) is 0 Å². The molecule has 1 unspecified atom stereocenters. The molecule has 11 atom stereocenters. The summed E-state index contributed by atoms with van der Waals surface area (Å²) in [5.74, 6) is 2.95. The van der Waals surface area contributed by atoms with E-state index in [1.54, 1.807) is 19.8 Å². The van der Waals surface area contributed by atoms with E-state index in [0.29, 0.717) is 50.5 Å². The Hall–Kier alpha value is -0.770. The van der Waals surface area contributed by atoms with Crippen LogP contribution in [0.1, 0.15) is 120 Å². The van der Waals surface area contributed by atoms with Crippen molar-refractivity contribution in [1.29, 1.82) is 0 Å². The van der Waals surface area contributed by atoms with Gasteiger partial charge in [0.1, 0.15) is 18.3 Å². The van der Waals surface area contributed by atoms with Crippen LogP contribution in [0.5, 0.6) is 0 Å². The smallest absolute Gasteiger partial charge is 0.223 e. The molecule has 0 bridgehead atoms. The van der Waals surface area contributed by atoms with Gasteiger partial charge in [0.25, 0.3) is 0 Å². The molecule has 5 aliphatic carbocycles. The predicted molar refractivity (Wildman–Crippen MR) is 178 cm³/mol. The lowest BCUT2D eigenvalue weighted by atomic mass is 9.41. The van der Waals surface area contributed by atoms with Crippen LogP contribution in [-0.2, 0) is 19.0 Å². The van der Waals surface area contributed by atoms with E-state index in [1.165, 1.54) is 6.42 Å². The average Bonchev–Trinajstić information content (AvgIpc) is 3.62. The van der Waals surface area contributed by atoms with Crippen LogP contribution < -0.4 is 0 Å². The molecule has 0 aromatic rings. The first-order valence-electron chi connectivity index (χ1n) is 18.7. The molecule has 265 valence electrons. The highest BCUT2D eigenvalue weighted by molar-refractivity contribution is 5.76. The molecule has 1 amide bonds. The van der Waals surface area contributed by atoms with Gasteiger partial charge in [0.2, 0.25) is 5.91 Å². The predicted octanol–water partition coefficient (Wildman–Crippen LogP) is 5.83. The highest BCUT2D eigenvalue weighted by Gasteiger charge is 2.85. The third-order valence-corrected chi connectivity index (χ3v) is 15.2. The van der Waals surface area contributed by atoms with Crippen LogP contribution in [-0.4, -0.2) is 76.0 Å². The molecule has 3 radical (unpaired) electrons. The van der Waals surface area contributed by atoms with Crippen LogP contribution in [0, 0.1) is 68.9 Å². The lowest BCUT2D eigenvalue weighted by Gasteiger charge is -2.63. The number of ether oxygens (including phenoxy) is 3. The summed E-state index contributed by atoms with van der Waals surface area (Å²) >= 11 is 0. The molecule has 3 N–H and O–H groups in total. The van der Waals surface area contributed by atoms with Gasteiger partial charge in [-0.3, -0.25) is 4.79 Å². The largest absolute Gasteiger partial charge is 0.389 e. The zero-order valence-electron chi connectivity index (χ0n) is 30.5. The van der Waals surface area contributed by atoms with E-state index in [-0.39, 0.29) is 51.8 Å². The number of aliphatic hydroxyl groups excluding tert-OH is 2. The highest BCUT2D eigenvalue weighted by atomic mass is 16.7. The van der Waals surface area contributed by atoms with E-state index in [4.69, 9.17) is 14.2 Å². The minimum atomic E-state index is -1.31. The van der Waals surface area contributed by atoms with Gasteiger partial charge in [0.05, 0.1) is 31.0 Å². The van der Waals surface area contributed by atoms with Gasteiger partial charge >= 0.3 is 0 Å². The minimum absolute atomic E-state index is 0.0335. The van der Waals surface area contributed by atoms with Crippen molar-refractivity contribution in [2.24, 2.45) is 50.7 Å². The minimum Gasteiger partial charge on any atom is -0.389 e. The fourth-order valence-corrected chi connectivity index (χ4v) is 12.8. The molecule has 7 rings (SSSR count). The second-order valence-electron chi connectivity index (χ2n) is 18.9. The number of hydrogen-bond acceptors (Lipinski definition) is 7. The summed E-state index contributed by atoms with van der Waals surface area (Å²) in [6.07, 6.45) is 7.88. The van der Waals surface area contributed by atoms with Gasteiger partial charge in [-0.1, -0.05) is 48.5 Å². The Bertz CT molecular complexity index is 1230. The third-order valence-electron chi connectivity index (χ3n) is 15.2. The number of rotatable bonds is 6. The molecule has 7 fully saturated rings. The second-order valence-corrected chi connectivity index (χ2v) is 18.9. The normalized spacial score (nSPS) is 47.5. The Morgan fingerprint density at radius 1 is 1.13 bits per heavy atom. The molecule has 2 saturated heterocycles. The third kappa shape index (κ3) is 4.76. The van der Waals surface area contributed by atoms with E-state index in [2.05, 4.69) is 48.5 Å². The van der Waals surface area contributed by atoms with Crippen molar-refractivity contribution in [3.63, 3.8) is 0 Å². The SMILES string of the molecule is CC(C)CC(=O)N1CCO[C@@H](OC2CC[C@]34C[C@]35CC[C@]3(C)[C@@H]6[C](O[C]([C@H](O)C(C)(C)O)C[C@H]6C)[C@H](O)[C@@]3(C)[C]5CC[C@H]4C2(C)C)C1. The summed E-state index contributed by atoms with van der Waals surface area (Å²) in [4.78, 5) is 14.8. The molecular formula is C39H62NO7. The monoisotopic (exact) mass is 656 g/mol. The number of morpholine rings is 1. The van der Waals surface area contributed by atoms with Crippen molar-refractivity contribution >= 4 is 5.91 Å². The van der Waals surface area contributed by atoms with Gasteiger partial charge in [-0.25, -0.2) is 0 Å². The van der Waals surface area contributed by atoms with Crippen molar-refractivity contribution in [2.45, 2.75) is 150 Å². The molecule has 7 aliphatic rings. The summed E-state index contributed by atoms with van der Waals surface area (Å²) in [7, 11) is 0. The number of carbonyl (C=O) groups excluding carboxylic acids is 1. The van der Waals surface area contributed by atoms with Crippen LogP contribution >= 0.6 is 0 Å². The molecule has 2 spiro atoms. The number of fused-ring (bicyclic) bond motifs is 4. The molecule has 8 heteroatoms. The molecule has 0 aromatic heterocycles. The quantitative estimate of drug-likeness (QED) is 0.330. The lowest BCUT2D eigenvalue weighted by molar-refractivity contribution is -0.242. The summed E-state index contributed by atoms with van der Waals surface area (Å²) in [6.45, 7) is 20.9. The molecular weight excluding hydrogens is 594 g/mol. The van der Waals surface area contributed by atoms with E-state index in [1.807, 2.05) is 4.90 Å². The maximum Gasteiger partial charge on any atom is 0.223 e.